The van der Waals surface area contributed by atoms with Gasteiger partial charge in [-0.25, -0.2) is 0 Å². The van der Waals surface area contributed by atoms with E-state index in [9.17, 15) is 4.79 Å². The van der Waals surface area contributed by atoms with Crippen molar-refractivity contribution >= 4 is 5.97 Å². The first kappa shape index (κ1) is 7.54. The van der Waals surface area contributed by atoms with E-state index in [1.54, 1.807) is 0 Å². The summed E-state index contributed by atoms with van der Waals surface area (Å²) in [5.41, 5.74) is 0. The van der Waals surface area contributed by atoms with E-state index in [0.29, 0.717) is 0 Å². The topological polar surface area (TPSA) is 40.5 Å². The first-order valence-electron chi connectivity index (χ1n) is 3.72. The Hall–Kier alpha value is -0.570. The number of nitrogens with zero attached hydrogens (tertiary/aromatic N) is 1. The molecule has 3 heteroatoms. The predicted octanol–water partition coefficient (Wildman–Crippen LogP) is 0.555. The number of carboxylic acids is 1. The van der Waals surface area contributed by atoms with Gasteiger partial charge in [0.25, 0.3) is 0 Å². The Kier molecular flexibility index (Phi) is 2.27. The van der Waals surface area contributed by atoms with Gasteiger partial charge in [0.1, 0.15) is 6.04 Å². The first-order valence-corrected chi connectivity index (χ1v) is 3.72. The molecular weight excluding hydrogens is 130 g/mol. The lowest BCUT2D eigenvalue weighted by Crippen LogP contribution is -2.52. The summed E-state index contributed by atoms with van der Waals surface area (Å²) in [4.78, 5) is 12.4. The van der Waals surface area contributed by atoms with Crippen LogP contribution in [0.15, 0.2) is 0 Å². The standard InChI is InChI=1S/C7H13NO2/c1-2-4-8-5-3-6(8)7(9)10/h6H,2-5H2,1H3,(H,9,10). The van der Waals surface area contributed by atoms with Crippen LogP contribution in [0.5, 0.6) is 0 Å². The summed E-state index contributed by atoms with van der Waals surface area (Å²) < 4.78 is 0. The van der Waals surface area contributed by atoms with Crippen molar-refractivity contribution in [2.45, 2.75) is 25.8 Å². The van der Waals surface area contributed by atoms with Crippen LogP contribution in [0.2, 0.25) is 0 Å². The molecule has 0 aromatic heterocycles. The highest BCUT2D eigenvalue weighted by atomic mass is 16.4. The third kappa shape index (κ3) is 1.29. The molecule has 3 nitrogen and oxygen atoms in total. The molecular formula is C7H13NO2. The zero-order chi connectivity index (χ0) is 7.56. The van der Waals surface area contributed by atoms with E-state index in [2.05, 4.69) is 6.92 Å². The molecule has 0 aromatic rings. The Bertz CT molecular complexity index is 136. The smallest absolute Gasteiger partial charge is 0.320 e. The van der Waals surface area contributed by atoms with Gasteiger partial charge in [0, 0.05) is 6.54 Å². The van der Waals surface area contributed by atoms with Gasteiger partial charge in [-0.05, 0) is 19.4 Å². The van der Waals surface area contributed by atoms with Crippen LogP contribution in [-0.2, 0) is 4.79 Å². The maximum atomic E-state index is 10.4. The minimum absolute atomic E-state index is 0.181. The largest absolute Gasteiger partial charge is 0.480 e. The molecule has 1 rings (SSSR count). The molecule has 1 fully saturated rings. The third-order valence-electron chi connectivity index (χ3n) is 1.93. The van der Waals surface area contributed by atoms with Gasteiger partial charge >= 0.3 is 5.97 Å². The number of carboxylic acid groups (broad SMARTS) is 1. The minimum Gasteiger partial charge on any atom is -0.480 e. The van der Waals surface area contributed by atoms with Crippen LogP contribution in [0.25, 0.3) is 0 Å². The van der Waals surface area contributed by atoms with Crippen LogP contribution in [0.1, 0.15) is 19.8 Å². The average molecular weight is 143 g/mol. The lowest BCUT2D eigenvalue weighted by Gasteiger charge is -2.37. The Labute approximate surface area is 60.6 Å². The normalized spacial score (nSPS) is 25.9. The van der Waals surface area contributed by atoms with Crippen molar-refractivity contribution in [3.63, 3.8) is 0 Å². The Morgan fingerprint density at radius 1 is 1.80 bits per heavy atom. The van der Waals surface area contributed by atoms with Gasteiger partial charge in [0.2, 0.25) is 0 Å². The molecule has 0 saturated carbocycles. The molecule has 1 unspecified atom stereocenters. The van der Waals surface area contributed by atoms with Crippen LogP contribution in [0.3, 0.4) is 0 Å². The Balaban J connectivity index is 2.28. The van der Waals surface area contributed by atoms with Crippen LogP contribution < -0.4 is 0 Å². The second-order valence-corrected chi connectivity index (χ2v) is 2.68. The molecule has 1 aliphatic rings. The van der Waals surface area contributed by atoms with Crippen molar-refractivity contribution in [2.24, 2.45) is 0 Å². The molecule has 0 amide bonds. The van der Waals surface area contributed by atoms with Crippen LogP contribution >= 0.6 is 0 Å². The molecule has 58 valence electrons. The summed E-state index contributed by atoms with van der Waals surface area (Å²) in [6.07, 6.45) is 1.87. The van der Waals surface area contributed by atoms with E-state index in [0.717, 1.165) is 25.9 Å². The van der Waals surface area contributed by atoms with Gasteiger partial charge in [0.05, 0.1) is 0 Å². The van der Waals surface area contributed by atoms with Crippen molar-refractivity contribution < 1.29 is 9.90 Å². The molecule has 1 saturated heterocycles. The van der Waals surface area contributed by atoms with Gasteiger partial charge < -0.3 is 5.11 Å². The van der Waals surface area contributed by atoms with E-state index in [-0.39, 0.29) is 6.04 Å². The molecule has 1 atom stereocenters. The molecule has 1 aliphatic heterocycles. The number of likely N-dealkylation sites (tertiary alicyclic amines) is 1. The fraction of sp³-hybridized carbons (Fsp3) is 0.857. The molecule has 0 radical (unpaired) electrons. The van der Waals surface area contributed by atoms with Crippen molar-refractivity contribution in [2.75, 3.05) is 13.1 Å². The molecule has 0 bridgehead atoms. The summed E-state index contributed by atoms with van der Waals surface area (Å²) >= 11 is 0. The van der Waals surface area contributed by atoms with Crippen molar-refractivity contribution in [1.29, 1.82) is 0 Å². The third-order valence-corrected chi connectivity index (χ3v) is 1.93. The highest BCUT2D eigenvalue weighted by Crippen LogP contribution is 2.16. The fourth-order valence-corrected chi connectivity index (χ4v) is 1.28. The summed E-state index contributed by atoms with van der Waals surface area (Å²) in [6.45, 7) is 3.96. The Morgan fingerprint density at radius 3 is 2.80 bits per heavy atom. The second-order valence-electron chi connectivity index (χ2n) is 2.68. The number of hydrogen-bond donors (Lipinski definition) is 1. The van der Waals surface area contributed by atoms with Gasteiger partial charge in [0.15, 0.2) is 0 Å². The SMILES string of the molecule is CCCN1CCC1C(=O)O. The van der Waals surface area contributed by atoms with E-state index in [1.165, 1.54) is 0 Å². The van der Waals surface area contributed by atoms with Gasteiger partial charge in [-0.1, -0.05) is 6.92 Å². The number of aliphatic carboxylic acids is 1. The summed E-state index contributed by atoms with van der Waals surface area (Å²) in [6, 6.07) is -0.181. The van der Waals surface area contributed by atoms with Gasteiger partial charge in [-0.15, -0.1) is 0 Å². The minimum atomic E-state index is -0.667. The van der Waals surface area contributed by atoms with E-state index in [1.807, 2.05) is 4.90 Å². The zero-order valence-corrected chi connectivity index (χ0v) is 6.21. The van der Waals surface area contributed by atoms with Crippen molar-refractivity contribution in [3.8, 4) is 0 Å². The lowest BCUT2D eigenvalue weighted by molar-refractivity contribution is -0.148. The molecule has 1 N–H and O–H groups in total. The maximum absolute atomic E-state index is 10.4. The number of hydrogen-bond acceptors (Lipinski definition) is 2. The van der Waals surface area contributed by atoms with Crippen molar-refractivity contribution in [3.05, 3.63) is 0 Å². The van der Waals surface area contributed by atoms with Crippen LogP contribution in [0.4, 0.5) is 0 Å². The summed E-state index contributed by atoms with van der Waals surface area (Å²) in [5.74, 6) is -0.667. The lowest BCUT2D eigenvalue weighted by atomic mass is 10.0. The van der Waals surface area contributed by atoms with Crippen molar-refractivity contribution in [1.82, 2.24) is 4.90 Å². The number of rotatable bonds is 3. The highest BCUT2D eigenvalue weighted by molar-refractivity contribution is 5.74. The van der Waals surface area contributed by atoms with Crippen LogP contribution in [-0.4, -0.2) is 35.1 Å². The van der Waals surface area contributed by atoms with E-state index in [4.69, 9.17) is 5.11 Å². The fourth-order valence-electron chi connectivity index (χ4n) is 1.28. The quantitative estimate of drug-likeness (QED) is 0.627. The maximum Gasteiger partial charge on any atom is 0.320 e. The molecule has 0 aliphatic carbocycles. The highest BCUT2D eigenvalue weighted by Gasteiger charge is 2.32. The summed E-state index contributed by atoms with van der Waals surface area (Å²) in [5, 5.41) is 8.59. The Morgan fingerprint density at radius 2 is 2.50 bits per heavy atom. The van der Waals surface area contributed by atoms with Crippen LogP contribution in [0, 0.1) is 0 Å². The monoisotopic (exact) mass is 143 g/mol. The molecule has 10 heavy (non-hydrogen) atoms. The zero-order valence-electron chi connectivity index (χ0n) is 6.21. The van der Waals surface area contributed by atoms with E-state index < -0.39 is 5.97 Å². The summed E-state index contributed by atoms with van der Waals surface area (Å²) in [7, 11) is 0. The molecule has 0 spiro atoms. The average Bonchev–Trinajstić information content (AvgIpc) is 1.78. The number of carbonyl (C=O) groups is 1. The van der Waals surface area contributed by atoms with E-state index >= 15 is 0 Å². The molecule has 0 aromatic carbocycles. The second kappa shape index (κ2) is 3.01. The molecule has 1 heterocycles. The first-order chi connectivity index (χ1) is 4.75. The predicted molar refractivity (Wildman–Crippen MR) is 37.9 cm³/mol. The van der Waals surface area contributed by atoms with Gasteiger partial charge in [-0.3, -0.25) is 9.69 Å². The van der Waals surface area contributed by atoms with Gasteiger partial charge in [-0.2, -0.15) is 0 Å².